The molecule has 0 bridgehead atoms. The predicted molar refractivity (Wildman–Crippen MR) is 85.9 cm³/mol. The number of para-hydroxylation sites is 1. The van der Waals surface area contributed by atoms with Crippen LogP contribution in [0.1, 0.15) is 27.7 Å². The van der Waals surface area contributed by atoms with E-state index in [-0.39, 0.29) is 18.1 Å². The van der Waals surface area contributed by atoms with E-state index < -0.39 is 0 Å². The van der Waals surface area contributed by atoms with Gasteiger partial charge in [0.2, 0.25) is 0 Å². The maximum absolute atomic E-state index is 10.8. The molecule has 6 nitrogen and oxygen atoms in total. The number of nitrogens with zero attached hydrogens (tertiary/aromatic N) is 2. The number of anilines is 1. The topological polar surface area (TPSA) is 92.9 Å². The molecule has 0 saturated carbocycles. The zero-order chi connectivity index (χ0) is 15.8. The number of carbonyl (C=O) groups excluding carboxylic acids is 1. The number of fused-ring (bicyclic) bond motifs is 1. The van der Waals surface area contributed by atoms with Crippen molar-refractivity contribution in [3.63, 3.8) is 0 Å². The minimum atomic E-state index is -0.0926. The lowest BCUT2D eigenvalue weighted by molar-refractivity contribution is 0.236. The second-order valence-electron chi connectivity index (χ2n) is 5.20. The van der Waals surface area contributed by atoms with Crippen molar-refractivity contribution in [1.82, 2.24) is 20.6 Å². The van der Waals surface area contributed by atoms with Crippen molar-refractivity contribution < 1.29 is 4.79 Å². The first kappa shape index (κ1) is 16.7. The highest BCUT2D eigenvalue weighted by Crippen LogP contribution is 2.14. The van der Waals surface area contributed by atoms with E-state index in [9.17, 15) is 4.79 Å². The molecule has 0 spiro atoms. The third-order valence-corrected chi connectivity index (χ3v) is 2.41. The number of aromatic nitrogens is 2. The Morgan fingerprint density at radius 1 is 1.05 bits per heavy atom. The van der Waals surface area contributed by atoms with Crippen LogP contribution in [-0.4, -0.2) is 28.1 Å². The Morgan fingerprint density at radius 3 is 2.14 bits per heavy atom. The van der Waals surface area contributed by atoms with Gasteiger partial charge in [-0.2, -0.15) is 0 Å². The average Bonchev–Trinajstić information content (AvgIpc) is 2.38. The fourth-order valence-corrected chi connectivity index (χ4v) is 1.59. The highest BCUT2D eigenvalue weighted by Gasteiger charge is 2.02. The Kier molecular flexibility index (Phi) is 6.39. The van der Waals surface area contributed by atoms with Crippen molar-refractivity contribution in [3.05, 3.63) is 30.6 Å². The van der Waals surface area contributed by atoms with E-state index in [4.69, 9.17) is 5.73 Å². The smallest absolute Gasteiger partial charge is 0.315 e. The van der Waals surface area contributed by atoms with Gasteiger partial charge in [-0.1, -0.05) is 12.1 Å². The molecule has 1 aromatic heterocycles. The van der Waals surface area contributed by atoms with E-state index in [0.29, 0.717) is 5.82 Å². The van der Waals surface area contributed by atoms with Crippen LogP contribution in [0.5, 0.6) is 0 Å². The summed E-state index contributed by atoms with van der Waals surface area (Å²) in [5.41, 5.74) is 6.49. The molecule has 0 aliphatic carbocycles. The van der Waals surface area contributed by atoms with Gasteiger partial charge in [0.05, 0.1) is 5.52 Å². The summed E-state index contributed by atoms with van der Waals surface area (Å²) in [5.74, 6) is 0.538. The molecule has 0 unspecified atom stereocenters. The molecule has 2 amide bonds. The van der Waals surface area contributed by atoms with Crippen molar-refractivity contribution in [2.45, 2.75) is 39.8 Å². The second-order valence-corrected chi connectivity index (χ2v) is 5.20. The largest absolute Gasteiger partial charge is 0.383 e. The number of hydrogen-bond acceptors (Lipinski definition) is 4. The summed E-state index contributed by atoms with van der Waals surface area (Å²) >= 11 is 0. The maximum Gasteiger partial charge on any atom is 0.315 e. The van der Waals surface area contributed by atoms with Gasteiger partial charge in [-0.15, -0.1) is 0 Å². The van der Waals surface area contributed by atoms with E-state index in [0.717, 1.165) is 10.9 Å². The molecule has 0 atom stereocenters. The molecule has 0 radical (unpaired) electrons. The van der Waals surface area contributed by atoms with E-state index in [2.05, 4.69) is 20.6 Å². The molecular formula is C15H23N5O. The van der Waals surface area contributed by atoms with Gasteiger partial charge in [0.25, 0.3) is 0 Å². The van der Waals surface area contributed by atoms with Gasteiger partial charge in [0.15, 0.2) is 0 Å². The number of benzene rings is 1. The molecule has 21 heavy (non-hydrogen) atoms. The fraction of sp³-hybridized carbons (Fsp3) is 0.400. The monoisotopic (exact) mass is 289 g/mol. The van der Waals surface area contributed by atoms with Crippen LogP contribution in [-0.2, 0) is 0 Å². The van der Waals surface area contributed by atoms with E-state index in [1.807, 2.05) is 52.0 Å². The molecule has 2 aromatic rings. The standard InChI is InChI=1S/C8H7N3.C7H16N2O/c9-8-6-3-1-2-4-7(6)10-5-11-8;1-5(2)8-7(10)9-6(3)4/h1-5H,(H2,9,10,11);5-6H,1-4H3,(H2,8,9,10). The zero-order valence-corrected chi connectivity index (χ0v) is 12.9. The van der Waals surface area contributed by atoms with Crippen molar-refractivity contribution in [2.75, 3.05) is 5.73 Å². The van der Waals surface area contributed by atoms with Gasteiger partial charge in [-0.25, -0.2) is 14.8 Å². The SMILES string of the molecule is CC(C)NC(=O)NC(C)C.Nc1ncnc2ccccc12. The van der Waals surface area contributed by atoms with E-state index in [1.165, 1.54) is 6.33 Å². The molecule has 1 heterocycles. The van der Waals surface area contributed by atoms with Gasteiger partial charge in [0.1, 0.15) is 12.1 Å². The lowest BCUT2D eigenvalue weighted by Crippen LogP contribution is -2.42. The molecule has 2 rings (SSSR count). The Hall–Kier alpha value is -2.37. The van der Waals surface area contributed by atoms with Crippen LogP contribution < -0.4 is 16.4 Å². The Bertz CT molecular complexity index is 566. The summed E-state index contributed by atoms with van der Waals surface area (Å²) < 4.78 is 0. The molecule has 6 heteroatoms. The third kappa shape index (κ3) is 6.07. The molecule has 0 aliphatic heterocycles. The normalized spacial score (nSPS) is 10.2. The zero-order valence-electron chi connectivity index (χ0n) is 12.9. The molecule has 0 saturated heterocycles. The highest BCUT2D eigenvalue weighted by atomic mass is 16.2. The van der Waals surface area contributed by atoms with Crippen molar-refractivity contribution in [2.24, 2.45) is 0 Å². The highest BCUT2D eigenvalue weighted by molar-refractivity contribution is 5.87. The molecule has 0 fully saturated rings. The molecule has 1 aromatic carbocycles. The van der Waals surface area contributed by atoms with Gasteiger partial charge in [-0.05, 0) is 39.8 Å². The summed E-state index contributed by atoms with van der Waals surface area (Å²) in [5, 5.41) is 6.36. The van der Waals surface area contributed by atoms with Crippen LogP contribution in [0.25, 0.3) is 10.9 Å². The van der Waals surface area contributed by atoms with Gasteiger partial charge in [0, 0.05) is 17.5 Å². The lowest BCUT2D eigenvalue weighted by atomic mass is 10.2. The number of carbonyl (C=O) groups is 1. The predicted octanol–water partition coefficient (Wildman–Crippen LogP) is 2.31. The quantitative estimate of drug-likeness (QED) is 0.791. The third-order valence-electron chi connectivity index (χ3n) is 2.41. The van der Waals surface area contributed by atoms with Gasteiger partial charge < -0.3 is 16.4 Å². The van der Waals surface area contributed by atoms with Crippen LogP contribution in [0.3, 0.4) is 0 Å². The van der Waals surface area contributed by atoms with Crippen molar-refractivity contribution in [3.8, 4) is 0 Å². The van der Waals surface area contributed by atoms with Crippen LogP contribution in [0, 0.1) is 0 Å². The molecule has 114 valence electrons. The van der Waals surface area contributed by atoms with Crippen molar-refractivity contribution in [1.29, 1.82) is 0 Å². The number of hydrogen-bond donors (Lipinski definition) is 3. The maximum atomic E-state index is 10.8. The first-order valence-electron chi connectivity index (χ1n) is 6.92. The number of nitrogens with two attached hydrogens (primary N) is 1. The Labute approximate surface area is 125 Å². The first-order valence-corrected chi connectivity index (χ1v) is 6.92. The van der Waals surface area contributed by atoms with Crippen LogP contribution in [0.4, 0.5) is 10.6 Å². The number of urea groups is 1. The summed E-state index contributed by atoms with van der Waals surface area (Å²) in [6.45, 7) is 7.72. The molecular weight excluding hydrogens is 266 g/mol. The van der Waals surface area contributed by atoms with Crippen molar-refractivity contribution >= 4 is 22.8 Å². The van der Waals surface area contributed by atoms with Gasteiger partial charge >= 0.3 is 6.03 Å². The Balaban J connectivity index is 0.000000212. The minimum absolute atomic E-state index is 0.0926. The minimum Gasteiger partial charge on any atom is -0.383 e. The first-order chi connectivity index (χ1) is 9.90. The average molecular weight is 289 g/mol. The number of rotatable bonds is 2. The molecule has 0 aliphatic rings. The molecule has 4 N–H and O–H groups in total. The Morgan fingerprint density at radius 2 is 1.62 bits per heavy atom. The van der Waals surface area contributed by atoms with Crippen LogP contribution in [0.15, 0.2) is 30.6 Å². The number of nitrogen functional groups attached to an aromatic ring is 1. The number of nitrogens with one attached hydrogen (secondary N) is 2. The lowest BCUT2D eigenvalue weighted by Gasteiger charge is -2.11. The summed E-state index contributed by atoms with van der Waals surface area (Å²) in [7, 11) is 0. The van der Waals surface area contributed by atoms with Gasteiger partial charge in [-0.3, -0.25) is 0 Å². The number of amides is 2. The summed E-state index contributed by atoms with van der Waals surface area (Å²) in [6, 6.07) is 7.98. The van der Waals surface area contributed by atoms with Crippen LogP contribution >= 0.6 is 0 Å². The fourth-order valence-electron chi connectivity index (χ4n) is 1.59. The van der Waals surface area contributed by atoms with E-state index >= 15 is 0 Å². The van der Waals surface area contributed by atoms with E-state index in [1.54, 1.807) is 0 Å². The van der Waals surface area contributed by atoms with Crippen LogP contribution in [0.2, 0.25) is 0 Å². The summed E-state index contributed by atoms with van der Waals surface area (Å²) in [6.07, 6.45) is 1.47. The summed E-state index contributed by atoms with van der Waals surface area (Å²) in [4.78, 5) is 18.8. The second kappa shape index (κ2) is 8.04.